The summed E-state index contributed by atoms with van der Waals surface area (Å²) in [5.41, 5.74) is 0.699. The van der Waals surface area contributed by atoms with Gasteiger partial charge in [-0.15, -0.1) is 0 Å². The van der Waals surface area contributed by atoms with Crippen LogP contribution in [-0.2, 0) is 0 Å². The fourth-order valence-electron chi connectivity index (χ4n) is 3.49. The lowest BCUT2D eigenvalue weighted by molar-refractivity contribution is 0.0946. The van der Waals surface area contributed by atoms with Crippen LogP contribution in [0.1, 0.15) is 108 Å². The largest absolute Gasteiger partial charge is 0.432 e. The molecule has 0 spiro atoms. The molecule has 0 amide bonds. The minimum atomic E-state index is -0.0187. The summed E-state index contributed by atoms with van der Waals surface area (Å²) < 4.78 is 5.58. The highest BCUT2D eigenvalue weighted by Crippen LogP contribution is 2.19. The molecule has 0 aliphatic carbocycles. The Morgan fingerprint density at radius 1 is 0.867 bits per heavy atom. The number of rotatable bonds is 17. The van der Waals surface area contributed by atoms with Crippen molar-refractivity contribution in [2.24, 2.45) is 0 Å². The number of nitrogens with zero attached hydrogens (tertiary/aromatic N) is 2. The summed E-state index contributed by atoms with van der Waals surface area (Å²) in [5.74, 6) is 0.726. The first-order valence-electron chi connectivity index (χ1n) is 11.9. The molecule has 0 saturated carbocycles. The maximum Gasteiger partial charge on any atom is 0.263 e. The van der Waals surface area contributed by atoms with Gasteiger partial charge in [0.25, 0.3) is 5.89 Å². The van der Waals surface area contributed by atoms with E-state index in [4.69, 9.17) is 4.42 Å². The first-order valence-corrected chi connectivity index (χ1v) is 11.9. The molecule has 4 nitrogen and oxygen atoms in total. The molecule has 0 radical (unpaired) electrons. The standard InChI is InChI=1S/C26H38N2O2/c1-2-3-4-5-6-7-8-9-10-11-12-13-14-15-16-20-24(29)26-28-22-25(30-26)23-19-17-18-21-27-23/h9-10,17-19,21-22H,2-8,11-16,20H2,1H3. The quantitative estimate of drug-likeness (QED) is 0.151. The van der Waals surface area contributed by atoms with E-state index in [0.717, 1.165) is 12.8 Å². The molecule has 0 bridgehead atoms. The molecule has 0 fully saturated rings. The van der Waals surface area contributed by atoms with E-state index in [1.807, 2.05) is 18.2 Å². The van der Waals surface area contributed by atoms with Crippen LogP contribution in [-0.4, -0.2) is 15.8 Å². The maximum absolute atomic E-state index is 12.2. The third-order valence-electron chi connectivity index (χ3n) is 5.33. The van der Waals surface area contributed by atoms with Gasteiger partial charge in [0.15, 0.2) is 5.76 Å². The fourth-order valence-corrected chi connectivity index (χ4v) is 3.49. The van der Waals surface area contributed by atoms with Crippen LogP contribution in [0.2, 0.25) is 0 Å². The van der Waals surface area contributed by atoms with Gasteiger partial charge in [-0.3, -0.25) is 9.78 Å². The average molecular weight is 411 g/mol. The van der Waals surface area contributed by atoms with Crippen molar-refractivity contribution in [1.29, 1.82) is 0 Å². The van der Waals surface area contributed by atoms with Gasteiger partial charge in [-0.2, -0.15) is 0 Å². The molecule has 0 atom stereocenters. The normalized spacial score (nSPS) is 11.4. The van der Waals surface area contributed by atoms with E-state index in [9.17, 15) is 4.79 Å². The maximum atomic E-state index is 12.2. The monoisotopic (exact) mass is 410 g/mol. The molecule has 4 heteroatoms. The van der Waals surface area contributed by atoms with Crippen LogP contribution < -0.4 is 0 Å². The van der Waals surface area contributed by atoms with Crippen LogP contribution in [0.15, 0.2) is 47.2 Å². The Morgan fingerprint density at radius 2 is 1.53 bits per heavy atom. The van der Waals surface area contributed by atoms with E-state index in [-0.39, 0.29) is 11.7 Å². The van der Waals surface area contributed by atoms with Crippen molar-refractivity contribution in [1.82, 2.24) is 9.97 Å². The summed E-state index contributed by atoms with van der Waals surface area (Å²) >= 11 is 0. The van der Waals surface area contributed by atoms with Crippen molar-refractivity contribution >= 4 is 5.78 Å². The van der Waals surface area contributed by atoms with Crippen LogP contribution >= 0.6 is 0 Å². The lowest BCUT2D eigenvalue weighted by atomic mass is 10.1. The van der Waals surface area contributed by atoms with Gasteiger partial charge in [0.2, 0.25) is 5.78 Å². The Bertz CT molecular complexity index is 722. The molecule has 0 aromatic carbocycles. The van der Waals surface area contributed by atoms with Crippen molar-refractivity contribution in [3.63, 3.8) is 0 Å². The van der Waals surface area contributed by atoms with E-state index in [2.05, 4.69) is 29.0 Å². The van der Waals surface area contributed by atoms with Gasteiger partial charge in [-0.1, -0.05) is 76.5 Å². The number of allylic oxidation sites excluding steroid dienone is 2. The van der Waals surface area contributed by atoms with E-state index in [1.165, 1.54) is 70.6 Å². The van der Waals surface area contributed by atoms with E-state index < -0.39 is 0 Å². The molecule has 164 valence electrons. The second-order valence-electron chi connectivity index (χ2n) is 8.00. The Morgan fingerprint density at radius 3 is 2.20 bits per heavy atom. The van der Waals surface area contributed by atoms with Gasteiger partial charge >= 0.3 is 0 Å². The summed E-state index contributed by atoms with van der Waals surface area (Å²) in [6, 6.07) is 5.58. The summed E-state index contributed by atoms with van der Waals surface area (Å²) in [6.45, 7) is 2.26. The molecule has 0 aliphatic heterocycles. The number of carbonyl (C=O) groups is 1. The number of hydrogen-bond acceptors (Lipinski definition) is 4. The smallest absolute Gasteiger partial charge is 0.263 e. The summed E-state index contributed by atoms with van der Waals surface area (Å²) in [6.07, 6.45) is 24.8. The number of Topliss-reactive ketones (excluding diaryl/α,β-unsaturated/α-hetero) is 1. The van der Waals surface area contributed by atoms with Gasteiger partial charge in [-0.05, 0) is 44.2 Å². The number of carbonyl (C=O) groups excluding carboxylic acids is 1. The molecule has 0 saturated heterocycles. The minimum absolute atomic E-state index is 0.0187. The van der Waals surface area contributed by atoms with E-state index in [0.29, 0.717) is 17.9 Å². The molecular weight excluding hydrogens is 372 g/mol. The number of oxazole rings is 1. The molecule has 0 aliphatic rings. The topological polar surface area (TPSA) is 56.0 Å². The van der Waals surface area contributed by atoms with Gasteiger partial charge < -0.3 is 4.42 Å². The molecule has 30 heavy (non-hydrogen) atoms. The van der Waals surface area contributed by atoms with Crippen molar-refractivity contribution < 1.29 is 9.21 Å². The van der Waals surface area contributed by atoms with E-state index >= 15 is 0 Å². The molecular formula is C26H38N2O2. The first-order chi connectivity index (χ1) is 14.8. The number of aromatic nitrogens is 2. The number of unbranched alkanes of at least 4 members (excludes halogenated alkanes) is 11. The van der Waals surface area contributed by atoms with E-state index in [1.54, 1.807) is 12.4 Å². The van der Waals surface area contributed by atoms with Gasteiger partial charge in [0, 0.05) is 12.6 Å². The molecule has 0 N–H and O–H groups in total. The second kappa shape index (κ2) is 15.6. The van der Waals surface area contributed by atoms with Gasteiger partial charge in [0.05, 0.1) is 6.20 Å². The Hall–Kier alpha value is -2.23. The zero-order valence-corrected chi connectivity index (χ0v) is 18.7. The lowest BCUT2D eigenvalue weighted by Gasteiger charge is -2.00. The third-order valence-corrected chi connectivity index (χ3v) is 5.33. The number of pyridine rings is 1. The van der Waals surface area contributed by atoms with Crippen LogP contribution in [0.5, 0.6) is 0 Å². The minimum Gasteiger partial charge on any atom is -0.432 e. The zero-order valence-electron chi connectivity index (χ0n) is 18.7. The Labute approximate surface area is 182 Å². The van der Waals surface area contributed by atoms with Crippen molar-refractivity contribution in [3.05, 3.63) is 48.6 Å². The lowest BCUT2D eigenvalue weighted by Crippen LogP contribution is -1.98. The van der Waals surface area contributed by atoms with Crippen molar-refractivity contribution in [3.8, 4) is 11.5 Å². The number of hydrogen-bond donors (Lipinski definition) is 0. The second-order valence-corrected chi connectivity index (χ2v) is 8.00. The van der Waals surface area contributed by atoms with Crippen LogP contribution in [0.3, 0.4) is 0 Å². The van der Waals surface area contributed by atoms with Gasteiger partial charge in [0.1, 0.15) is 5.69 Å². The fraction of sp³-hybridized carbons (Fsp3) is 0.577. The SMILES string of the molecule is CCCCCCCCC=CCCCCCCCC(=O)c1ncc(-c2ccccn2)o1. The predicted molar refractivity (Wildman–Crippen MR) is 124 cm³/mol. The number of ketones is 1. The highest BCUT2D eigenvalue weighted by atomic mass is 16.4. The zero-order chi connectivity index (χ0) is 21.3. The van der Waals surface area contributed by atoms with Crippen molar-refractivity contribution in [2.75, 3.05) is 0 Å². The highest BCUT2D eigenvalue weighted by molar-refractivity contribution is 5.91. The summed E-state index contributed by atoms with van der Waals surface area (Å²) in [4.78, 5) is 20.6. The Kier molecular flexibility index (Phi) is 12.5. The molecule has 2 rings (SSSR count). The highest BCUT2D eigenvalue weighted by Gasteiger charge is 2.14. The summed E-state index contributed by atoms with van der Waals surface area (Å²) in [5, 5.41) is 0. The first kappa shape index (κ1) is 24.0. The molecule has 0 unspecified atom stereocenters. The van der Waals surface area contributed by atoms with Gasteiger partial charge in [-0.25, -0.2) is 4.98 Å². The molecule has 2 heterocycles. The Balaban J connectivity index is 1.45. The molecule has 2 aromatic heterocycles. The summed E-state index contributed by atoms with van der Waals surface area (Å²) in [7, 11) is 0. The van der Waals surface area contributed by atoms with Crippen molar-refractivity contribution in [2.45, 2.75) is 96.8 Å². The molecule has 2 aromatic rings. The van der Waals surface area contributed by atoms with Crippen LogP contribution in [0, 0.1) is 0 Å². The average Bonchev–Trinajstić information content (AvgIpc) is 3.27. The van der Waals surface area contributed by atoms with Crippen LogP contribution in [0.4, 0.5) is 0 Å². The predicted octanol–water partition coefficient (Wildman–Crippen LogP) is 7.96. The van der Waals surface area contributed by atoms with Crippen LogP contribution in [0.25, 0.3) is 11.5 Å². The third kappa shape index (κ3) is 10.00.